The molecule has 224 valence electrons. The summed E-state index contributed by atoms with van der Waals surface area (Å²) >= 11 is 0. The Morgan fingerprint density at radius 2 is 1.44 bits per heavy atom. The molecule has 5 heteroatoms. The van der Waals surface area contributed by atoms with Crippen molar-refractivity contribution in [2.75, 3.05) is 13.2 Å². The first-order valence-corrected chi connectivity index (χ1v) is 17.1. The van der Waals surface area contributed by atoms with Crippen LogP contribution in [0.5, 0.6) is 0 Å². The second kappa shape index (κ2) is 16.6. The molecule has 0 spiro atoms. The van der Waals surface area contributed by atoms with Gasteiger partial charge in [0, 0.05) is 6.61 Å². The molecule has 0 bridgehead atoms. The maximum Gasteiger partial charge on any atom is 0.313 e. The molecule has 0 N–H and O–H groups in total. The Morgan fingerprint density at radius 3 is 1.93 bits per heavy atom. The maximum absolute atomic E-state index is 12.1. The van der Waals surface area contributed by atoms with Gasteiger partial charge in [-0.2, -0.15) is 0 Å². The van der Waals surface area contributed by atoms with Crippen LogP contribution in [0.2, 0.25) is 5.04 Å². The number of benzene rings is 2. The third-order valence-electron chi connectivity index (χ3n) is 7.85. The number of hydrogen-bond acceptors (Lipinski definition) is 4. The van der Waals surface area contributed by atoms with Crippen LogP contribution in [0, 0.1) is 11.8 Å². The SMILES string of the molecule is CCOC(=O)CC(=O)/C=C(\C)CC/C=C(\C)CCC(CO[Si](c1ccccc1)(c1ccccc1)C(C)(C)C)C(C)C. The van der Waals surface area contributed by atoms with Gasteiger partial charge in [-0.1, -0.05) is 113 Å². The predicted molar refractivity (Wildman–Crippen MR) is 174 cm³/mol. The average molecular weight is 577 g/mol. The zero-order chi connectivity index (χ0) is 30.5. The fraction of sp³-hybridized carbons (Fsp3) is 0.500. The number of carbonyl (C=O) groups excluding carboxylic acids is 2. The van der Waals surface area contributed by atoms with Crippen molar-refractivity contribution < 1.29 is 18.8 Å². The molecule has 0 saturated carbocycles. The van der Waals surface area contributed by atoms with Crippen molar-refractivity contribution in [3.8, 4) is 0 Å². The van der Waals surface area contributed by atoms with Crippen molar-refractivity contribution in [3.63, 3.8) is 0 Å². The van der Waals surface area contributed by atoms with Gasteiger partial charge in [0.1, 0.15) is 6.42 Å². The molecule has 0 radical (unpaired) electrons. The van der Waals surface area contributed by atoms with Gasteiger partial charge in [-0.25, -0.2) is 0 Å². The first kappa shape index (κ1) is 34.4. The minimum Gasteiger partial charge on any atom is -0.466 e. The number of esters is 1. The molecule has 0 aliphatic carbocycles. The summed E-state index contributed by atoms with van der Waals surface area (Å²) in [7, 11) is -2.55. The first-order chi connectivity index (χ1) is 19.4. The molecule has 4 nitrogen and oxygen atoms in total. The Balaban J connectivity index is 2.08. The smallest absolute Gasteiger partial charge is 0.313 e. The van der Waals surface area contributed by atoms with E-state index in [-0.39, 0.29) is 17.2 Å². The molecule has 0 amide bonds. The summed E-state index contributed by atoms with van der Waals surface area (Å²) in [6.07, 6.45) is 7.46. The molecular formula is C36H52O4Si. The Morgan fingerprint density at radius 1 is 0.878 bits per heavy atom. The summed E-state index contributed by atoms with van der Waals surface area (Å²) in [6, 6.07) is 21.7. The third-order valence-corrected chi connectivity index (χ3v) is 12.9. The molecular weight excluding hydrogens is 524 g/mol. The van der Waals surface area contributed by atoms with Crippen LogP contribution in [0.25, 0.3) is 0 Å². The molecule has 2 rings (SSSR count). The van der Waals surface area contributed by atoms with Crippen molar-refractivity contribution in [2.45, 2.75) is 92.5 Å². The lowest BCUT2D eigenvalue weighted by Gasteiger charge is -2.44. The van der Waals surface area contributed by atoms with Crippen LogP contribution in [-0.4, -0.2) is 33.3 Å². The minimum atomic E-state index is -2.55. The molecule has 2 aromatic rings. The highest BCUT2D eigenvalue weighted by Crippen LogP contribution is 2.37. The zero-order valence-electron chi connectivity index (χ0n) is 26.7. The van der Waals surface area contributed by atoms with E-state index in [4.69, 9.17) is 9.16 Å². The minimum absolute atomic E-state index is 0.0316. The van der Waals surface area contributed by atoms with Crippen LogP contribution >= 0.6 is 0 Å². The van der Waals surface area contributed by atoms with E-state index in [1.54, 1.807) is 13.0 Å². The predicted octanol–water partition coefficient (Wildman–Crippen LogP) is 7.81. The van der Waals surface area contributed by atoms with E-state index in [0.717, 1.165) is 37.9 Å². The zero-order valence-corrected chi connectivity index (χ0v) is 27.7. The monoisotopic (exact) mass is 576 g/mol. The number of carbonyl (C=O) groups is 2. The molecule has 1 atom stereocenters. The highest BCUT2D eigenvalue weighted by Gasteiger charge is 2.50. The summed E-state index contributed by atoms with van der Waals surface area (Å²) in [5.41, 5.74) is 2.36. The van der Waals surface area contributed by atoms with E-state index in [2.05, 4.69) is 108 Å². The van der Waals surface area contributed by atoms with Crippen LogP contribution in [0.3, 0.4) is 0 Å². The van der Waals surface area contributed by atoms with Gasteiger partial charge < -0.3 is 9.16 Å². The third kappa shape index (κ3) is 10.5. The lowest BCUT2D eigenvalue weighted by molar-refractivity contribution is -0.144. The van der Waals surface area contributed by atoms with E-state index >= 15 is 0 Å². The molecule has 0 aliphatic heterocycles. The Hall–Kier alpha value is -2.76. The largest absolute Gasteiger partial charge is 0.466 e. The fourth-order valence-electron chi connectivity index (χ4n) is 5.42. The van der Waals surface area contributed by atoms with Crippen molar-refractivity contribution in [3.05, 3.63) is 84.0 Å². The number of ether oxygens (including phenoxy) is 1. The quantitative estimate of drug-likeness (QED) is 0.0672. The number of ketones is 1. The first-order valence-electron chi connectivity index (χ1n) is 15.2. The van der Waals surface area contributed by atoms with Gasteiger partial charge in [0.15, 0.2) is 5.78 Å². The van der Waals surface area contributed by atoms with E-state index in [1.807, 2.05) is 6.92 Å². The van der Waals surface area contributed by atoms with Gasteiger partial charge in [0.2, 0.25) is 0 Å². The van der Waals surface area contributed by atoms with Gasteiger partial charge in [-0.3, -0.25) is 9.59 Å². The fourth-order valence-corrected chi connectivity index (χ4v) is 10.0. The summed E-state index contributed by atoms with van der Waals surface area (Å²) in [4.78, 5) is 23.6. The second-order valence-corrected chi connectivity index (χ2v) is 16.9. The summed E-state index contributed by atoms with van der Waals surface area (Å²) in [6.45, 7) is 18.5. The molecule has 0 heterocycles. The van der Waals surface area contributed by atoms with Crippen LogP contribution < -0.4 is 10.4 Å². The van der Waals surface area contributed by atoms with Crippen molar-refractivity contribution in [1.82, 2.24) is 0 Å². The molecule has 2 aromatic carbocycles. The van der Waals surface area contributed by atoms with Gasteiger partial charge in [0.05, 0.1) is 6.61 Å². The van der Waals surface area contributed by atoms with Crippen LogP contribution in [0.15, 0.2) is 84.0 Å². The highest BCUT2D eigenvalue weighted by atomic mass is 28.4. The summed E-state index contributed by atoms with van der Waals surface area (Å²) in [5.74, 6) is 0.303. The van der Waals surface area contributed by atoms with Gasteiger partial charge >= 0.3 is 5.97 Å². The highest BCUT2D eigenvalue weighted by molar-refractivity contribution is 6.99. The summed E-state index contributed by atoms with van der Waals surface area (Å²) < 4.78 is 12.1. The van der Waals surface area contributed by atoms with Gasteiger partial charge in [-0.05, 0) is 79.8 Å². The van der Waals surface area contributed by atoms with E-state index < -0.39 is 14.3 Å². The van der Waals surface area contributed by atoms with Crippen LogP contribution in [0.4, 0.5) is 0 Å². The van der Waals surface area contributed by atoms with Crippen LogP contribution in [0.1, 0.15) is 87.5 Å². The molecule has 0 aromatic heterocycles. The number of rotatable bonds is 16. The maximum atomic E-state index is 12.1. The molecule has 0 aliphatic rings. The Labute approximate surface area is 250 Å². The Kier molecular flexibility index (Phi) is 14.0. The van der Waals surface area contributed by atoms with Crippen molar-refractivity contribution in [2.24, 2.45) is 11.8 Å². The molecule has 0 saturated heterocycles. The van der Waals surface area contributed by atoms with E-state index in [0.29, 0.717) is 18.4 Å². The topological polar surface area (TPSA) is 52.6 Å². The summed E-state index contributed by atoms with van der Waals surface area (Å²) in [5, 5.41) is 2.61. The second-order valence-electron chi connectivity index (χ2n) is 12.5. The van der Waals surface area contributed by atoms with Crippen molar-refractivity contribution in [1.29, 1.82) is 0 Å². The van der Waals surface area contributed by atoms with Gasteiger partial charge in [0.25, 0.3) is 8.32 Å². The van der Waals surface area contributed by atoms with Crippen molar-refractivity contribution >= 4 is 30.4 Å². The van der Waals surface area contributed by atoms with Crippen LogP contribution in [-0.2, 0) is 18.8 Å². The molecule has 41 heavy (non-hydrogen) atoms. The van der Waals surface area contributed by atoms with Gasteiger partial charge in [-0.15, -0.1) is 0 Å². The van der Waals surface area contributed by atoms with E-state index in [9.17, 15) is 9.59 Å². The normalized spacial score (nSPS) is 13.8. The molecule has 1 unspecified atom stereocenters. The standard InChI is InChI=1S/C36H52O4Si/c1-9-39-35(38)26-32(37)25-30(5)18-16-17-29(4)23-24-31(28(2)3)27-40-41(36(6,7)8,33-19-12-10-13-20-33)34-21-14-11-15-22-34/h10-15,17,19-22,25,28,31H,9,16,18,23-24,26-27H2,1-8H3/b29-17+,30-25+. The molecule has 0 fully saturated rings. The van der Waals surface area contributed by atoms with E-state index in [1.165, 1.54) is 15.9 Å². The number of hydrogen-bond donors (Lipinski definition) is 0. The lowest BCUT2D eigenvalue weighted by Crippen LogP contribution is -2.67. The number of allylic oxidation sites excluding steroid dienone is 4. The average Bonchev–Trinajstić information content (AvgIpc) is 2.90. The lowest BCUT2D eigenvalue weighted by atomic mass is 9.90. The Bertz CT molecular complexity index is 1100.